The highest BCUT2D eigenvalue weighted by molar-refractivity contribution is 5.98. The van der Waals surface area contributed by atoms with Crippen molar-refractivity contribution in [3.05, 3.63) is 35.4 Å². The number of carbonyl (C=O) groups excluding carboxylic acids is 1. The van der Waals surface area contributed by atoms with Gasteiger partial charge in [0.05, 0.1) is 5.56 Å². The Hall–Kier alpha value is -1.98. The van der Waals surface area contributed by atoms with Crippen LogP contribution >= 0.6 is 0 Å². The summed E-state index contributed by atoms with van der Waals surface area (Å²) >= 11 is 0. The normalized spacial score (nSPS) is 25.4. The van der Waals surface area contributed by atoms with Crippen LogP contribution in [0.15, 0.2) is 18.2 Å². The third kappa shape index (κ3) is 3.04. The second-order valence-corrected chi connectivity index (χ2v) is 5.63. The highest BCUT2D eigenvalue weighted by Crippen LogP contribution is 2.32. The summed E-state index contributed by atoms with van der Waals surface area (Å²) in [4.78, 5) is 23.6. The molecule has 1 aliphatic rings. The van der Waals surface area contributed by atoms with Gasteiger partial charge in [-0.2, -0.15) is 0 Å². The zero-order valence-corrected chi connectivity index (χ0v) is 11.7. The first kappa shape index (κ1) is 15.4. The number of benzene rings is 1. The molecule has 2 rings (SSSR count). The maximum atomic E-state index is 13.6. The van der Waals surface area contributed by atoms with Gasteiger partial charge in [0.25, 0.3) is 5.91 Å². The van der Waals surface area contributed by atoms with Crippen LogP contribution in [0.25, 0.3) is 0 Å². The summed E-state index contributed by atoms with van der Waals surface area (Å²) in [5, 5.41) is 11.8. The second kappa shape index (κ2) is 5.79. The van der Waals surface area contributed by atoms with E-state index in [4.69, 9.17) is 0 Å². The predicted octanol–water partition coefficient (Wildman–Crippen LogP) is 2.73. The summed E-state index contributed by atoms with van der Waals surface area (Å²) < 4.78 is 26.8. The SMILES string of the molecule is CC1CCC(NC(=O)c2cccc(F)c2F)(C(=O)O)CC1. The van der Waals surface area contributed by atoms with Crippen molar-refractivity contribution in [2.24, 2.45) is 5.92 Å². The molecule has 0 spiro atoms. The highest BCUT2D eigenvalue weighted by Gasteiger charge is 2.42. The minimum Gasteiger partial charge on any atom is -0.480 e. The Balaban J connectivity index is 2.23. The predicted molar refractivity (Wildman–Crippen MR) is 71.8 cm³/mol. The number of halogens is 2. The van der Waals surface area contributed by atoms with Crippen LogP contribution in [0.5, 0.6) is 0 Å². The number of carbonyl (C=O) groups is 2. The van der Waals surface area contributed by atoms with Crippen molar-refractivity contribution in [1.82, 2.24) is 5.32 Å². The van der Waals surface area contributed by atoms with Crippen LogP contribution in [0, 0.1) is 17.6 Å². The fourth-order valence-electron chi connectivity index (χ4n) is 2.61. The van der Waals surface area contributed by atoms with Crippen LogP contribution in [0.2, 0.25) is 0 Å². The van der Waals surface area contributed by atoms with Gasteiger partial charge in [-0.05, 0) is 43.7 Å². The van der Waals surface area contributed by atoms with Gasteiger partial charge in [0, 0.05) is 0 Å². The van der Waals surface area contributed by atoms with E-state index in [1.165, 1.54) is 6.07 Å². The average molecular weight is 297 g/mol. The van der Waals surface area contributed by atoms with Crippen molar-refractivity contribution < 1.29 is 23.5 Å². The van der Waals surface area contributed by atoms with Gasteiger partial charge in [-0.15, -0.1) is 0 Å². The van der Waals surface area contributed by atoms with E-state index < -0.39 is 34.6 Å². The topological polar surface area (TPSA) is 66.4 Å². The van der Waals surface area contributed by atoms with Gasteiger partial charge < -0.3 is 10.4 Å². The third-order valence-electron chi connectivity index (χ3n) is 4.09. The monoisotopic (exact) mass is 297 g/mol. The van der Waals surface area contributed by atoms with E-state index >= 15 is 0 Å². The number of aliphatic carboxylic acids is 1. The van der Waals surface area contributed by atoms with Gasteiger partial charge in [0.2, 0.25) is 0 Å². The fourth-order valence-corrected chi connectivity index (χ4v) is 2.61. The Morgan fingerprint density at radius 2 is 1.90 bits per heavy atom. The van der Waals surface area contributed by atoms with Gasteiger partial charge in [0.15, 0.2) is 11.6 Å². The Kier molecular flexibility index (Phi) is 4.25. The lowest BCUT2D eigenvalue weighted by molar-refractivity contribution is -0.146. The van der Waals surface area contributed by atoms with Gasteiger partial charge in [-0.3, -0.25) is 4.79 Å². The molecule has 1 aromatic rings. The maximum Gasteiger partial charge on any atom is 0.329 e. The highest BCUT2D eigenvalue weighted by atomic mass is 19.2. The van der Waals surface area contributed by atoms with Crippen LogP contribution in [-0.2, 0) is 4.79 Å². The molecule has 0 bridgehead atoms. The molecule has 0 heterocycles. The van der Waals surface area contributed by atoms with Crippen molar-refractivity contribution in [1.29, 1.82) is 0 Å². The van der Waals surface area contributed by atoms with E-state index in [-0.39, 0.29) is 12.8 Å². The number of nitrogens with one attached hydrogen (secondary N) is 1. The summed E-state index contributed by atoms with van der Waals surface area (Å²) in [5.41, 5.74) is -1.88. The maximum absolute atomic E-state index is 13.6. The molecule has 1 aliphatic carbocycles. The lowest BCUT2D eigenvalue weighted by Crippen LogP contribution is -2.56. The van der Waals surface area contributed by atoms with E-state index in [2.05, 4.69) is 5.32 Å². The van der Waals surface area contributed by atoms with Crippen LogP contribution in [0.4, 0.5) is 8.78 Å². The van der Waals surface area contributed by atoms with E-state index in [1.807, 2.05) is 6.92 Å². The lowest BCUT2D eigenvalue weighted by atomic mass is 9.77. The zero-order valence-electron chi connectivity index (χ0n) is 11.7. The van der Waals surface area contributed by atoms with Crippen LogP contribution in [0.3, 0.4) is 0 Å². The van der Waals surface area contributed by atoms with Crippen LogP contribution in [-0.4, -0.2) is 22.5 Å². The number of hydrogen-bond donors (Lipinski definition) is 2. The molecule has 0 saturated heterocycles. The molecule has 0 radical (unpaired) electrons. The molecular weight excluding hydrogens is 280 g/mol. The number of rotatable bonds is 3. The quantitative estimate of drug-likeness (QED) is 0.901. The molecule has 4 nitrogen and oxygen atoms in total. The van der Waals surface area contributed by atoms with Crippen molar-refractivity contribution in [2.45, 2.75) is 38.1 Å². The van der Waals surface area contributed by atoms with Crippen molar-refractivity contribution >= 4 is 11.9 Å². The molecule has 0 aromatic heterocycles. The molecule has 1 fully saturated rings. The second-order valence-electron chi connectivity index (χ2n) is 5.63. The standard InChI is InChI=1S/C15H17F2NO3/c1-9-5-7-15(8-6-9,14(20)21)18-13(19)10-3-2-4-11(16)12(10)17/h2-4,9H,5-8H2,1H3,(H,18,19)(H,20,21). The van der Waals surface area contributed by atoms with E-state index in [0.29, 0.717) is 18.8 Å². The first-order valence-corrected chi connectivity index (χ1v) is 6.85. The minimum atomic E-state index is -1.40. The van der Waals surface area contributed by atoms with Crippen LogP contribution in [0.1, 0.15) is 43.0 Å². The summed E-state index contributed by atoms with van der Waals surface area (Å²) in [6.45, 7) is 2.01. The summed E-state index contributed by atoms with van der Waals surface area (Å²) in [6, 6.07) is 3.25. The molecular formula is C15H17F2NO3. The summed E-state index contributed by atoms with van der Waals surface area (Å²) in [7, 11) is 0. The van der Waals surface area contributed by atoms with Crippen molar-refractivity contribution in [3.63, 3.8) is 0 Å². The first-order chi connectivity index (χ1) is 9.85. The van der Waals surface area contributed by atoms with Crippen molar-refractivity contribution in [2.75, 3.05) is 0 Å². The fraction of sp³-hybridized carbons (Fsp3) is 0.467. The van der Waals surface area contributed by atoms with Gasteiger partial charge in [0.1, 0.15) is 5.54 Å². The smallest absolute Gasteiger partial charge is 0.329 e. The minimum absolute atomic E-state index is 0.284. The van der Waals surface area contributed by atoms with Crippen molar-refractivity contribution in [3.8, 4) is 0 Å². The Morgan fingerprint density at radius 1 is 1.29 bits per heavy atom. The number of amides is 1. The molecule has 0 aliphatic heterocycles. The van der Waals surface area contributed by atoms with E-state index in [1.54, 1.807) is 0 Å². The molecule has 0 unspecified atom stereocenters. The molecule has 1 amide bonds. The molecule has 6 heteroatoms. The van der Waals surface area contributed by atoms with E-state index in [9.17, 15) is 23.5 Å². The van der Waals surface area contributed by atoms with Gasteiger partial charge >= 0.3 is 5.97 Å². The lowest BCUT2D eigenvalue weighted by Gasteiger charge is -2.36. The number of carboxylic acid groups (broad SMARTS) is 1. The molecule has 1 aromatic carbocycles. The Labute approximate surface area is 121 Å². The third-order valence-corrected chi connectivity index (χ3v) is 4.09. The average Bonchev–Trinajstić information content (AvgIpc) is 2.44. The Morgan fingerprint density at radius 3 is 2.48 bits per heavy atom. The van der Waals surface area contributed by atoms with Gasteiger partial charge in [-0.25, -0.2) is 13.6 Å². The molecule has 2 N–H and O–H groups in total. The number of carboxylic acids is 1. The zero-order chi connectivity index (χ0) is 15.6. The molecule has 21 heavy (non-hydrogen) atoms. The summed E-state index contributed by atoms with van der Waals surface area (Å²) in [6.07, 6.45) is 1.90. The number of hydrogen-bond acceptors (Lipinski definition) is 2. The first-order valence-electron chi connectivity index (χ1n) is 6.85. The van der Waals surface area contributed by atoms with Gasteiger partial charge in [-0.1, -0.05) is 13.0 Å². The Bertz CT molecular complexity index is 566. The largest absolute Gasteiger partial charge is 0.480 e. The molecule has 1 saturated carbocycles. The van der Waals surface area contributed by atoms with Crippen LogP contribution < -0.4 is 5.32 Å². The summed E-state index contributed by atoms with van der Waals surface area (Å²) in [5.74, 6) is -4.05. The molecule has 114 valence electrons. The molecule has 0 atom stereocenters. The van der Waals surface area contributed by atoms with E-state index in [0.717, 1.165) is 12.1 Å².